The van der Waals surface area contributed by atoms with Crippen molar-refractivity contribution in [1.29, 1.82) is 0 Å². The van der Waals surface area contributed by atoms with Crippen molar-refractivity contribution >= 4 is 15.9 Å². The molecule has 90 valence electrons. The minimum atomic E-state index is -0.414. The van der Waals surface area contributed by atoms with Crippen molar-refractivity contribution in [2.24, 2.45) is 11.7 Å². The quantitative estimate of drug-likeness (QED) is 0.824. The highest BCUT2D eigenvalue weighted by Gasteiger charge is 2.09. The Bertz CT molecular complexity index is 355. The largest absolute Gasteiger partial charge is 0.330 e. The lowest BCUT2D eigenvalue weighted by molar-refractivity contribution is 0.489. The van der Waals surface area contributed by atoms with Crippen molar-refractivity contribution in [2.45, 2.75) is 26.2 Å². The van der Waals surface area contributed by atoms with Crippen molar-refractivity contribution in [3.8, 4) is 0 Å². The summed E-state index contributed by atoms with van der Waals surface area (Å²) in [5.41, 5.74) is 5.87. The molecule has 0 fully saturated rings. The van der Waals surface area contributed by atoms with Gasteiger partial charge in [-0.1, -0.05) is 6.92 Å². The van der Waals surface area contributed by atoms with Gasteiger partial charge in [0.15, 0.2) is 0 Å². The Morgan fingerprint density at radius 2 is 1.94 bits per heavy atom. The third-order valence-electron chi connectivity index (χ3n) is 2.66. The predicted molar refractivity (Wildman–Crippen MR) is 65.2 cm³/mol. The summed E-state index contributed by atoms with van der Waals surface area (Å²) in [5.74, 6) is -0.327. The molecule has 1 aromatic rings. The standard InChI is InChI=1S/C12H16BrF2N/c1-8(4-5-16)2-3-9-6-12(15)10(13)7-11(9)14/h6-8H,2-5,16H2,1H3. The number of benzene rings is 1. The van der Waals surface area contributed by atoms with Crippen LogP contribution in [0.1, 0.15) is 25.3 Å². The average Bonchev–Trinajstić information content (AvgIpc) is 2.22. The molecule has 16 heavy (non-hydrogen) atoms. The molecular weight excluding hydrogens is 276 g/mol. The van der Waals surface area contributed by atoms with Crippen LogP contribution in [0.25, 0.3) is 0 Å². The van der Waals surface area contributed by atoms with Gasteiger partial charge in [0, 0.05) is 0 Å². The lowest BCUT2D eigenvalue weighted by Crippen LogP contribution is -2.07. The molecule has 0 aromatic heterocycles. The Balaban J connectivity index is 2.63. The van der Waals surface area contributed by atoms with E-state index in [4.69, 9.17) is 5.73 Å². The van der Waals surface area contributed by atoms with Gasteiger partial charge in [-0.2, -0.15) is 0 Å². The fourth-order valence-corrected chi connectivity index (χ4v) is 1.90. The summed E-state index contributed by atoms with van der Waals surface area (Å²) >= 11 is 2.95. The molecule has 2 N–H and O–H groups in total. The second-order valence-electron chi connectivity index (χ2n) is 4.08. The Labute approximate surface area is 103 Å². The third kappa shape index (κ3) is 3.83. The zero-order chi connectivity index (χ0) is 12.1. The molecule has 0 radical (unpaired) electrons. The summed E-state index contributed by atoms with van der Waals surface area (Å²) in [6.45, 7) is 2.71. The van der Waals surface area contributed by atoms with Crippen LogP contribution >= 0.6 is 15.9 Å². The van der Waals surface area contributed by atoms with E-state index in [0.29, 0.717) is 24.4 Å². The van der Waals surface area contributed by atoms with Gasteiger partial charge in [0.1, 0.15) is 11.6 Å². The van der Waals surface area contributed by atoms with Crippen LogP contribution in [-0.2, 0) is 6.42 Å². The molecule has 1 unspecified atom stereocenters. The number of nitrogens with two attached hydrogens (primary N) is 1. The first-order valence-electron chi connectivity index (χ1n) is 5.38. The molecule has 0 aliphatic carbocycles. The first kappa shape index (κ1) is 13.6. The van der Waals surface area contributed by atoms with Crippen molar-refractivity contribution in [3.05, 3.63) is 33.8 Å². The minimum Gasteiger partial charge on any atom is -0.330 e. The van der Waals surface area contributed by atoms with Gasteiger partial charge < -0.3 is 5.73 Å². The van der Waals surface area contributed by atoms with Crippen LogP contribution in [0, 0.1) is 17.6 Å². The van der Waals surface area contributed by atoms with Gasteiger partial charge in [-0.3, -0.25) is 0 Å². The average molecular weight is 292 g/mol. The van der Waals surface area contributed by atoms with E-state index in [1.807, 2.05) is 0 Å². The fourth-order valence-electron chi connectivity index (χ4n) is 1.59. The Hall–Kier alpha value is -0.480. The molecule has 0 spiro atoms. The number of hydrogen-bond donors (Lipinski definition) is 1. The van der Waals surface area contributed by atoms with E-state index >= 15 is 0 Å². The van der Waals surface area contributed by atoms with Crippen molar-refractivity contribution in [1.82, 2.24) is 0 Å². The van der Waals surface area contributed by atoms with Gasteiger partial charge in [-0.25, -0.2) is 8.78 Å². The lowest BCUT2D eigenvalue weighted by atomic mass is 9.98. The summed E-state index contributed by atoms with van der Waals surface area (Å²) in [7, 11) is 0. The van der Waals surface area contributed by atoms with Crippen molar-refractivity contribution in [3.63, 3.8) is 0 Å². The van der Waals surface area contributed by atoms with E-state index in [1.54, 1.807) is 0 Å². The highest BCUT2D eigenvalue weighted by Crippen LogP contribution is 2.22. The Kier molecular flexibility index (Phi) is 5.35. The molecule has 1 atom stereocenters. The second kappa shape index (κ2) is 6.30. The molecule has 0 aliphatic heterocycles. The van der Waals surface area contributed by atoms with Crippen LogP contribution in [0.15, 0.2) is 16.6 Å². The maximum atomic E-state index is 13.4. The Morgan fingerprint density at radius 1 is 1.25 bits per heavy atom. The summed E-state index contributed by atoms with van der Waals surface area (Å²) in [6, 6.07) is 2.44. The highest BCUT2D eigenvalue weighted by molar-refractivity contribution is 9.10. The van der Waals surface area contributed by atoms with Gasteiger partial charge in [-0.15, -0.1) is 0 Å². The summed E-state index contributed by atoms with van der Waals surface area (Å²) in [6.07, 6.45) is 2.30. The van der Waals surface area contributed by atoms with Crippen LogP contribution in [0.3, 0.4) is 0 Å². The van der Waals surface area contributed by atoms with E-state index in [0.717, 1.165) is 12.8 Å². The molecule has 0 heterocycles. The molecule has 0 amide bonds. The second-order valence-corrected chi connectivity index (χ2v) is 4.93. The van der Waals surface area contributed by atoms with Crippen LogP contribution < -0.4 is 5.73 Å². The monoisotopic (exact) mass is 291 g/mol. The van der Waals surface area contributed by atoms with E-state index < -0.39 is 5.82 Å². The van der Waals surface area contributed by atoms with Gasteiger partial charge >= 0.3 is 0 Å². The summed E-state index contributed by atoms with van der Waals surface area (Å²) < 4.78 is 26.8. The predicted octanol–water partition coefficient (Wildman–Crippen LogP) is 3.64. The van der Waals surface area contributed by atoms with Crippen molar-refractivity contribution in [2.75, 3.05) is 6.54 Å². The van der Waals surface area contributed by atoms with E-state index in [-0.39, 0.29) is 10.3 Å². The lowest BCUT2D eigenvalue weighted by Gasteiger charge is -2.10. The SMILES string of the molecule is CC(CCN)CCc1cc(F)c(Br)cc1F. The normalized spacial score (nSPS) is 12.8. The smallest absolute Gasteiger partial charge is 0.137 e. The molecule has 1 rings (SSSR count). The fraction of sp³-hybridized carbons (Fsp3) is 0.500. The number of aryl methyl sites for hydroxylation is 1. The molecule has 0 saturated carbocycles. The molecule has 4 heteroatoms. The molecule has 0 bridgehead atoms. The first-order chi connectivity index (χ1) is 7.54. The van der Waals surface area contributed by atoms with Gasteiger partial charge in [0.05, 0.1) is 4.47 Å². The molecule has 0 saturated heterocycles. The summed E-state index contributed by atoms with van der Waals surface area (Å²) in [4.78, 5) is 0. The molecule has 1 nitrogen and oxygen atoms in total. The van der Waals surface area contributed by atoms with E-state index in [9.17, 15) is 8.78 Å². The van der Waals surface area contributed by atoms with Crippen molar-refractivity contribution < 1.29 is 8.78 Å². The zero-order valence-electron chi connectivity index (χ0n) is 9.27. The maximum Gasteiger partial charge on any atom is 0.137 e. The van der Waals surface area contributed by atoms with Crippen LogP contribution in [0.4, 0.5) is 8.78 Å². The number of hydrogen-bond acceptors (Lipinski definition) is 1. The number of rotatable bonds is 5. The number of halogens is 3. The van der Waals surface area contributed by atoms with E-state index in [1.165, 1.54) is 12.1 Å². The molecular formula is C12H16BrF2N. The summed E-state index contributed by atoms with van der Waals surface area (Å²) in [5, 5.41) is 0. The van der Waals surface area contributed by atoms with Crippen LogP contribution in [0.5, 0.6) is 0 Å². The van der Waals surface area contributed by atoms with Gasteiger partial charge in [-0.05, 0) is 65.4 Å². The maximum absolute atomic E-state index is 13.4. The Morgan fingerprint density at radius 3 is 2.56 bits per heavy atom. The minimum absolute atomic E-state index is 0.170. The first-order valence-corrected chi connectivity index (χ1v) is 6.17. The molecule has 0 aliphatic rings. The van der Waals surface area contributed by atoms with Crippen LogP contribution in [-0.4, -0.2) is 6.54 Å². The van der Waals surface area contributed by atoms with Crippen LogP contribution in [0.2, 0.25) is 0 Å². The van der Waals surface area contributed by atoms with Gasteiger partial charge in [0.25, 0.3) is 0 Å². The third-order valence-corrected chi connectivity index (χ3v) is 3.26. The topological polar surface area (TPSA) is 26.0 Å². The highest BCUT2D eigenvalue weighted by atomic mass is 79.9. The zero-order valence-corrected chi connectivity index (χ0v) is 10.9. The van der Waals surface area contributed by atoms with Gasteiger partial charge in [0.2, 0.25) is 0 Å². The van der Waals surface area contributed by atoms with E-state index in [2.05, 4.69) is 22.9 Å². The molecule has 1 aromatic carbocycles.